The minimum atomic E-state index is -0.281. The van der Waals surface area contributed by atoms with Crippen molar-refractivity contribution in [1.29, 1.82) is 0 Å². The Balaban J connectivity index is 1.38. The van der Waals surface area contributed by atoms with Crippen molar-refractivity contribution in [2.75, 3.05) is 26.1 Å². The van der Waals surface area contributed by atoms with Crippen LogP contribution in [0.4, 0.5) is 5.69 Å². The number of nitrogens with zero attached hydrogens (tertiary/aromatic N) is 1. The number of benzene rings is 2. The number of nitrogens with one attached hydrogen (secondary N) is 1. The maximum atomic E-state index is 12.8. The van der Waals surface area contributed by atoms with Crippen molar-refractivity contribution in [2.24, 2.45) is 11.8 Å². The minimum Gasteiger partial charge on any atom is -0.497 e. The number of anilines is 1. The highest BCUT2D eigenvalue weighted by atomic mass is 16.5. The topological polar surface area (TPSA) is 67.9 Å². The monoisotopic (exact) mass is 380 g/mol. The molecule has 0 bridgehead atoms. The summed E-state index contributed by atoms with van der Waals surface area (Å²) in [7, 11) is 3.12. The van der Waals surface area contributed by atoms with Crippen LogP contribution in [-0.4, -0.2) is 37.5 Å². The Kier molecular flexibility index (Phi) is 4.94. The summed E-state index contributed by atoms with van der Waals surface area (Å²) < 4.78 is 10.5. The summed E-state index contributed by atoms with van der Waals surface area (Å²) in [4.78, 5) is 27.4. The first-order valence-corrected chi connectivity index (χ1v) is 9.49. The predicted octanol–water partition coefficient (Wildman–Crippen LogP) is 2.86. The van der Waals surface area contributed by atoms with Crippen molar-refractivity contribution in [3.8, 4) is 11.5 Å². The summed E-state index contributed by atoms with van der Waals surface area (Å²) in [5.74, 6) is 0.616. The highest BCUT2D eigenvalue weighted by Gasteiger charge is 2.49. The number of methoxy groups -OCH3 is 2. The Morgan fingerprint density at radius 3 is 2.57 bits per heavy atom. The number of rotatable bonds is 5. The van der Waals surface area contributed by atoms with E-state index in [1.54, 1.807) is 32.4 Å². The predicted molar refractivity (Wildman–Crippen MR) is 105 cm³/mol. The summed E-state index contributed by atoms with van der Waals surface area (Å²) in [5.41, 5.74) is 3.09. The number of carbonyl (C=O) groups is 2. The second kappa shape index (κ2) is 7.54. The average molecular weight is 380 g/mol. The Labute approximate surface area is 164 Å². The third kappa shape index (κ3) is 3.54. The number of hydrogen-bond donors (Lipinski definition) is 1. The van der Waals surface area contributed by atoms with Gasteiger partial charge in [0.1, 0.15) is 11.5 Å². The zero-order valence-electron chi connectivity index (χ0n) is 16.1. The lowest BCUT2D eigenvalue weighted by Crippen LogP contribution is -2.37. The molecule has 2 amide bonds. The van der Waals surface area contributed by atoms with Gasteiger partial charge in [-0.25, -0.2) is 0 Å². The smallest absolute Gasteiger partial charge is 0.228 e. The molecule has 6 heteroatoms. The molecule has 0 aromatic heterocycles. The maximum absolute atomic E-state index is 12.8. The van der Waals surface area contributed by atoms with E-state index in [2.05, 4.69) is 17.4 Å². The van der Waals surface area contributed by atoms with Crippen LogP contribution in [0.1, 0.15) is 17.5 Å². The van der Waals surface area contributed by atoms with Crippen LogP contribution in [0.2, 0.25) is 0 Å². The van der Waals surface area contributed by atoms with Gasteiger partial charge in [-0.3, -0.25) is 9.59 Å². The fourth-order valence-electron chi connectivity index (χ4n) is 3.80. The molecule has 1 N–H and O–H groups in total. The Bertz CT molecular complexity index is 911. The molecule has 146 valence electrons. The van der Waals surface area contributed by atoms with Gasteiger partial charge in [-0.2, -0.15) is 0 Å². The molecule has 2 atom stereocenters. The molecule has 0 spiro atoms. The minimum absolute atomic E-state index is 0.0800. The van der Waals surface area contributed by atoms with Crippen LogP contribution in [-0.2, 0) is 22.6 Å². The first-order chi connectivity index (χ1) is 13.6. The van der Waals surface area contributed by atoms with Gasteiger partial charge < -0.3 is 19.7 Å². The SMILES string of the molecule is COc1ccc(NC(=O)C2CC2C(=O)N2CCc3ccccc3C2)c(OC)c1. The molecule has 4 rings (SSSR count). The summed E-state index contributed by atoms with van der Waals surface area (Å²) >= 11 is 0. The van der Waals surface area contributed by atoms with Crippen LogP contribution >= 0.6 is 0 Å². The van der Waals surface area contributed by atoms with E-state index in [0.717, 1.165) is 6.42 Å². The molecular weight excluding hydrogens is 356 g/mol. The Morgan fingerprint density at radius 2 is 1.82 bits per heavy atom. The third-order valence-corrected chi connectivity index (χ3v) is 5.55. The van der Waals surface area contributed by atoms with E-state index in [0.29, 0.717) is 36.7 Å². The second-order valence-electron chi connectivity index (χ2n) is 7.28. The molecule has 28 heavy (non-hydrogen) atoms. The fraction of sp³-hybridized carbons (Fsp3) is 0.364. The van der Waals surface area contributed by atoms with E-state index in [-0.39, 0.29) is 23.7 Å². The van der Waals surface area contributed by atoms with Crippen molar-refractivity contribution in [3.63, 3.8) is 0 Å². The van der Waals surface area contributed by atoms with Crippen LogP contribution < -0.4 is 14.8 Å². The third-order valence-electron chi connectivity index (χ3n) is 5.55. The van der Waals surface area contributed by atoms with Gasteiger partial charge >= 0.3 is 0 Å². The second-order valence-corrected chi connectivity index (χ2v) is 7.28. The van der Waals surface area contributed by atoms with E-state index in [1.807, 2.05) is 17.0 Å². The fourth-order valence-corrected chi connectivity index (χ4v) is 3.80. The van der Waals surface area contributed by atoms with Crippen molar-refractivity contribution >= 4 is 17.5 Å². The molecule has 1 aliphatic carbocycles. The van der Waals surface area contributed by atoms with Gasteiger partial charge in [0.25, 0.3) is 0 Å². The van der Waals surface area contributed by atoms with Crippen LogP contribution in [0.5, 0.6) is 11.5 Å². The van der Waals surface area contributed by atoms with Gasteiger partial charge in [-0.15, -0.1) is 0 Å². The summed E-state index contributed by atoms with van der Waals surface area (Å²) in [5, 5.41) is 2.89. The molecule has 1 heterocycles. The molecule has 1 saturated carbocycles. The first kappa shape index (κ1) is 18.3. The largest absolute Gasteiger partial charge is 0.497 e. The van der Waals surface area contributed by atoms with Gasteiger partial charge in [0.05, 0.1) is 31.7 Å². The van der Waals surface area contributed by atoms with Gasteiger partial charge in [0.2, 0.25) is 11.8 Å². The number of carbonyl (C=O) groups excluding carboxylic acids is 2. The maximum Gasteiger partial charge on any atom is 0.228 e. The normalized spacial score (nSPS) is 20.1. The molecule has 2 aromatic rings. The van der Waals surface area contributed by atoms with Gasteiger partial charge in [-0.1, -0.05) is 24.3 Å². The van der Waals surface area contributed by atoms with E-state index in [4.69, 9.17) is 9.47 Å². The summed E-state index contributed by atoms with van der Waals surface area (Å²) in [6, 6.07) is 13.5. The molecule has 6 nitrogen and oxygen atoms in total. The van der Waals surface area contributed by atoms with Crippen LogP contribution in [0.15, 0.2) is 42.5 Å². The van der Waals surface area contributed by atoms with Gasteiger partial charge in [0.15, 0.2) is 0 Å². The van der Waals surface area contributed by atoms with Crippen molar-refractivity contribution < 1.29 is 19.1 Å². The molecule has 2 aromatic carbocycles. The Morgan fingerprint density at radius 1 is 1.04 bits per heavy atom. The molecule has 2 aliphatic rings. The quantitative estimate of drug-likeness (QED) is 0.866. The van der Waals surface area contributed by atoms with Crippen molar-refractivity contribution in [2.45, 2.75) is 19.4 Å². The van der Waals surface area contributed by atoms with Gasteiger partial charge in [-0.05, 0) is 36.1 Å². The lowest BCUT2D eigenvalue weighted by molar-refractivity contribution is -0.135. The highest BCUT2D eigenvalue weighted by Crippen LogP contribution is 2.42. The summed E-state index contributed by atoms with van der Waals surface area (Å²) in [6.07, 6.45) is 1.47. The number of ether oxygens (including phenoxy) is 2. The standard InChI is InChI=1S/C22H24N2O4/c1-27-16-7-8-19(20(11-16)28-2)23-21(25)17-12-18(17)22(26)24-10-9-14-5-3-4-6-15(14)13-24/h3-8,11,17-18H,9-10,12-13H2,1-2H3,(H,23,25). The Hall–Kier alpha value is -3.02. The van der Waals surface area contributed by atoms with E-state index in [9.17, 15) is 9.59 Å². The summed E-state index contributed by atoms with van der Waals surface area (Å²) in [6.45, 7) is 1.35. The lowest BCUT2D eigenvalue weighted by atomic mass is 9.99. The number of amides is 2. The molecule has 0 radical (unpaired) electrons. The molecule has 0 saturated heterocycles. The number of hydrogen-bond acceptors (Lipinski definition) is 4. The average Bonchev–Trinajstić information content (AvgIpc) is 3.54. The zero-order valence-corrected chi connectivity index (χ0v) is 16.1. The van der Waals surface area contributed by atoms with E-state index >= 15 is 0 Å². The number of fused-ring (bicyclic) bond motifs is 1. The van der Waals surface area contributed by atoms with Crippen LogP contribution in [0.3, 0.4) is 0 Å². The molecule has 1 aliphatic heterocycles. The van der Waals surface area contributed by atoms with Gasteiger partial charge in [0, 0.05) is 19.2 Å². The van der Waals surface area contributed by atoms with E-state index < -0.39 is 0 Å². The van der Waals surface area contributed by atoms with Crippen LogP contribution in [0.25, 0.3) is 0 Å². The van der Waals surface area contributed by atoms with Crippen LogP contribution in [0, 0.1) is 11.8 Å². The zero-order chi connectivity index (χ0) is 19.7. The van der Waals surface area contributed by atoms with Crippen molar-refractivity contribution in [1.82, 2.24) is 4.90 Å². The first-order valence-electron chi connectivity index (χ1n) is 9.49. The molecule has 2 unspecified atom stereocenters. The molecule has 1 fully saturated rings. The van der Waals surface area contributed by atoms with E-state index in [1.165, 1.54) is 11.1 Å². The highest BCUT2D eigenvalue weighted by molar-refractivity contribution is 6.00. The van der Waals surface area contributed by atoms with Crippen molar-refractivity contribution in [3.05, 3.63) is 53.6 Å². The lowest BCUT2D eigenvalue weighted by Gasteiger charge is -2.29. The molecular formula is C22H24N2O4.